The van der Waals surface area contributed by atoms with Crippen LogP contribution in [-0.2, 0) is 9.59 Å². The third-order valence-corrected chi connectivity index (χ3v) is 11.4. The fraction of sp³-hybridized carbons (Fsp3) is 0.548. The molecule has 2 aromatic rings. The van der Waals surface area contributed by atoms with Crippen molar-refractivity contribution in [3.8, 4) is 0 Å². The molecule has 3 unspecified atom stereocenters. The van der Waals surface area contributed by atoms with E-state index in [1.807, 2.05) is 36.2 Å². The van der Waals surface area contributed by atoms with E-state index in [4.69, 9.17) is 0 Å². The van der Waals surface area contributed by atoms with Crippen LogP contribution in [-0.4, -0.2) is 35.8 Å². The minimum atomic E-state index is -0.258. The lowest BCUT2D eigenvalue weighted by Gasteiger charge is -2.60. The van der Waals surface area contributed by atoms with E-state index < -0.39 is 0 Å². The van der Waals surface area contributed by atoms with Crippen LogP contribution in [0.15, 0.2) is 59.3 Å². The molecule has 3 aliphatic carbocycles. The van der Waals surface area contributed by atoms with Gasteiger partial charge in [0.1, 0.15) is 0 Å². The quantitative estimate of drug-likeness (QED) is 0.557. The average molecular weight is 503 g/mol. The number of likely N-dealkylation sites (N-methyl/N-ethyl adjacent to an activating group) is 1. The number of hydrogen-bond donors (Lipinski definition) is 1. The molecular weight excluding hydrogens is 464 g/mol. The molecule has 4 aliphatic rings. The Hall–Kier alpha value is -2.40. The fourth-order valence-electron chi connectivity index (χ4n) is 8.81. The van der Waals surface area contributed by atoms with Crippen LogP contribution in [0.25, 0.3) is 0 Å². The second kappa shape index (κ2) is 8.86. The summed E-state index contributed by atoms with van der Waals surface area (Å²) < 4.78 is 0. The molecule has 190 valence electrons. The first-order chi connectivity index (χ1) is 17.3. The lowest BCUT2D eigenvalue weighted by Crippen LogP contribution is -2.60. The lowest BCUT2D eigenvalue weighted by molar-refractivity contribution is -0.138. The van der Waals surface area contributed by atoms with Crippen LogP contribution in [0.1, 0.15) is 69.4 Å². The van der Waals surface area contributed by atoms with E-state index in [1.54, 1.807) is 11.3 Å². The number of rotatable bonds is 4. The normalized spacial score (nSPS) is 38.1. The summed E-state index contributed by atoms with van der Waals surface area (Å²) in [5.41, 5.74) is 2.34. The highest BCUT2D eigenvalue weighted by Gasteiger charge is 2.60. The molecule has 36 heavy (non-hydrogen) atoms. The van der Waals surface area contributed by atoms with E-state index in [0.717, 1.165) is 30.4 Å². The van der Waals surface area contributed by atoms with Crippen molar-refractivity contribution in [1.82, 2.24) is 10.2 Å². The Kier molecular flexibility index (Phi) is 5.90. The minimum absolute atomic E-state index is 0.0611. The number of fused-ring (bicyclic) bond motifs is 5. The van der Waals surface area contributed by atoms with Gasteiger partial charge in [0.15, 0.2) is 0 Å². The highest BCUT2D eigenvalue weighted by Crippen LogP contribution is 2.64. The third-order valence-electron chi connectivity index (χ3n) is 10.7. The highest BCUT2D eigenvalue weighted by molar-refractivity contribution is 7.08. The van der Waals surface area contributed by atoms with Crippen molar-refractivity contribution in [3.63, 3.8) is 0 Å². The number of thiophene rings is 1. The summed E-state index contributed by atoms with van der Waals surface area (Å²) >= 11 is 1.65. The second-order valence-corrected chi connectivity index (χ2v) is 13.0. The van der Waals surface area contributed by atoms with Crippen LogP contribution in [0.5, 0.6) is 0 Å². The number of carbonyl (C=O) groups is 2. The molecule has 0 bridgehead atoms. The van der Waals surface area contributed by atoms with Crippen molar-refractivity contribution in [2.24, 2.45) is 28.6 Å². The van der Waals surface area contributed by atoms with Crippen LogP contribution in [0.4, 0.5) is 0 Å². The van der Waals surface area contributed by atoms with E-state index in [-0.39, 0.29) is 34.6 Å². The van der Waals surface area contributed by atoms with E-state index in [1.165, 1.54) is 19.3 Å². The van der Waals surface area contributed by atoms with E-state index in [9.17, 15) is 9.59 Å². The third kappa shape index (κ3) is 3.60. The van der Waals surface area contributed by atoms with E-state index in [2.05, 4.69) is 54.2 Å². The summed E-state index contributed by atoms with van der Waals surface area (Å²) in [5.74, 6) is 1.94. The van der Waals surface area contributed by atoms with Crippen molar-refractivity contribution in [3.05, 3.63) is 70.4 Å². The van der Waals surface area contributed by atoms with Crippen molar-refractivity contribution >= 4 is 23.2 Å². The topological polar surface area (TPSA) is 49.4 Å². The Morgan fingerprint density at radius 2 is 1.83 bits per heavy atom. The van der Waals surface area contributed by atoms with Crippen molar-refractivity contribution in [1.29, 1.82) is 0 Å². The van der Waals surface area contributed by atoms with Gasteiger partial charge in [-0.2, -0.15) is 11.3 Å². The number of benzene rings is 1. The van der Waals surface area contributed by atoms with Crippen LogP contribution >= 0.6 is 11.3 Å². The molecule has 4 nitrogen and oxygen atoms in total. The van der Waals surface area contributed by atoms with Crippen molar-refractivity contribution in [2.75, 3.05) is 7.05 Å². The maximum atomic E-state index is 13.9. The summed E-state index contributed by atoms with van der Waals surface area (Å²) in [6.45, 7) is 4.85. The molecule has 1 aromatic carbocycles. The number of nitrogens with zero attached hydrogens (tertiary/aromatic N) is 1. The van der Waals surface area contributed by atoms with Gasteiger partial charge in [-0.1, -0.05) is 50.3 Å². The molecule has 6 rings (SSSR count). The van der Waals surface area contributed by atoms with Gasteiger partial charge in [-0.15, -0.1) is 0 Å². The van der Waals surface area contributed by atoms with Gasteiger partial charge >= 0.3 is 0 Å². The van der Waals surface area contributed by atoms with Gasteiger partial charge in [-0.05, 0) is 95.7 Å². The van der Waals surface area contributed by atoms with Gasteiger partial charge in [-0.25, -0.2) is 0 Å². The summed E-state index contributed by atoms with van der Waals surface area (Å²) in [6, 6.07) is 12.8. The van der Waals surface area contributed by atoms with Crippen LogP contribution in [0.3, 0.4) is 0 Å². The smallest absolute Gasteiger partial charge is 0.246 e. The van der Waals surface area contributed by atoms with E-state index in [0.29, 0.717) is 23.8 Å². The standard InChI is InChI=1S/C31H38N2O2S/c1-30-16-13-24-22(9-12-26-31(24,2)17-14-27(34)33(26)3)23(30)10-11-25(30)32-29(35)28(21-15-18-36-19-21)20-7-5-4-6-8-20/h4-8,14-15,17-19,22-26,28H,9-13,16H2,1-3H3,(H,32,35)/t22-,23-,24+,25?,26?,28?,30-,31+/m0/s1. The fourth-order valence-corrected chi connectivity index (χ4v) is 9.50. The molecular formula is C31H38N2O2S. The molecule has 2 amide bonds. The maximum Gasteiger partial charge on any atom is 0.246 e. The first-order valence-corrected chi connectivity index (χ1v) is 14.6. The lowest BCUT2D eigenvalue weighted by atomic mass is 9.48. The minimum Gasteiger partial charge on any atom is -0.352 e. The Morgan fingerprint density at radius 3 is 2.58 bits per heavy atom. The largest absolute Gasteiger partial charge is 0.352 e. The van der Waals surface area contributed by atoms with Gasteiger partial charge in [0.2, 0.25) is 11.8 Å². The Balaban J connectivity index is 1.24. The second-order valence-electron chi connectivity index (χ2n) is 12.2. The predicted molar refractivity (Wildman–Crippen MR) is 145 cm³/mol. The number of hydrogen-bond acceptors (Lipinski definition) is 3. The molecule has 0 saturated heterocycles. The molecule has 1 aliphatic heterocycles. The molecule has 3 saturated carbocycles. The maximum absolute atomic E-state index is 13.9. The van der Waals surface area contributed by atoms with Gasteiger partial charge in [0.25, 0.3) is 0 Å². The number of nitrogens with one attached hydrogen (secondary N) is 1. The zero-order valence-corrected chi connectivity index (χ0v) is 22.5. The molecule has 1 N–H and O–H groups in total. The zero-order chi connectivity index (χ0) is 25.1. The van der Waals surface area contributed by atoms with Crippen molar-refractivity contribution < 1.29 is 9.59 Å². The molecule has 1 aromatic heterocycles. The zero-order valence-electron chi connectivity index (χ0n) is 21.7. The molecule has 2 heterocycles. The summed E-state index contributed by atoms with van der Waals surface area (Å²) in [7, 11) is 1.99. The van der Waals surface area contributed by atoms with Crippen LogP contribution in [0.2, 0.25) is 0 Å². The van der Waals surface area contributed by atoms with Crippen LogP contribution < -0.4 is 5.32 Å². The van der Waals surface area contributed by atoms with Gasteiger partial charge in [0.05, 0.1) is 5.92 Å². The van der Waals surface area contributed by atoms with Crippen molar-refractivity contribution in [2.45, 2.75) is 70.4 Å². The SMILES string of the molecule is CN1C(=O)C=C[C@@]2(C)C1CC[C@@H]1[C@H]2CC[C@]2(C)C(NC(=O)C(c3ccccc3)c3ccsc3)CC[C@@H]12. The molecule has 0 radical (unpaired) electrons. The molecule has 8 atom stereocenters. The summed E-state index contributed by atoms with van der Waals surface area (Å²) in [6.07, 6.45) is 10.9. The number of carbonyl (C=O) groups excluding carboxylic acids is 2. The number of amides is 2. The Bertz CT molecular complexity index is 1160. The molecule has 5 heteroatoms. The first-order valence-electron chi connectivity index (χ1n) is 13.7. The van der Waals surface area contributed by atoms with Crippen LogP contribution in [0, 0.1) is 28.6 Å². The molecule has 3 fully saturated rings. The molecule has 0 spiro atoms. The Morgan fingerprint density at radius 1 is 1.03 bits per heavy atom. The summed E-state index contributed by atoms with van der Waals surface area (Å²) in [4.78, 5) is 28.2. The Labute approximate surface area is 219 Å². The van der Waals surface area contributed by atoms with Gasteiger partial charge < -0.3 is 10.2 Å². The average Bonchev–Trinajstić information content (AvgIpc) is 3.51. The van der Waals surface area contributed by atoms with Gasteiger partial charge in [0, 0.05) is 24.5 Å². The predicted octanol–water partition coefficient (Wildman–Crippen LogP) is 6.00. The van der Waals surface area contributed by atoms with E-state index >= 15 is 0 Å². The monoisotopic (exact) mass is 502 g/mol. The summed E-state index contributed by atoms with van der Waals surface area (Å²) in [5, 5.41) is 7.75. The first kappa shape index (κ1) is 24.0. The van der Waals surface area contributed by atoms with Gasteiger partial charge in [-0.3, -0.25) is 9.59 Å². The highest BCUT2D eigenvalue weighted by atomic mass is 32.1.